The Labute approximate surface area is 169 Å². The van der Waals surface area contributed by atoms with Gasteiger partial charge in [0.1, 0.15) is 0 Å². The van der Waals surface area contributed by atoms with Crippen molar-refractivity contribution in [3.8, 4) is 0 Å². The number of benzene rings is 1. The second-order valence-electron chi connectivity index (χ2n) is 6.10. The van der Waals surface area contributed by atoms with Crippen molar-refractivity contribution in [1.82, 2.24) is 10.6 Å². The van der Waals surface area contributed by atoms with Crippen molar-refractivity contribution in [2.75, 3.05) is 26.3 Å². The zero-order valence-corrected chi connectivity index (χ0v) is 17.6. The van der Waals surface area contributed by atoms with Crippen LogP contribution in [0, 0.1) is 0 Å². The van der Waals surface area contributed by atoms with Crippen molar-refractivity contribution in [2.45, 2.75) is 45.1 Å². The van der Waals surface area contributed by atoms with Gasteiger partial charge >= 0.3 is 0 Å². The molecule has 1 aromatic rings. The van der Waals surface area contributed by atoms with Gasteiger partial charge in [0, 0.05) is 25.7 Å². The van der Waals surface area contributed by atoms with Gasteiger partial charge < -0.3 is 15.4 Å². The third kappa shape index (κ3) is 9.84. The number of unbranched alkanes of at least 4 members (excludes halogenated alkanes) is 1. The standard InChI is InChI=1S/C20H31N3O.HI/c1-2-21-20(23-19-12-6-7-13-19)22-15-8-9-16-24-17-14-18-10-4-3-5-11-18;/h3-7,10-11,19H,2,8-9,12-17H2,1H3,(H2,21,22,23);1H. The molecule has 2 rings (SSSR count). The van der Waals surface area contributed by atoms with Gasteiger partial charge in [0.25, 0.3) is 0 Å². The quantitative estimate of drug-likeness (QED) is 0.184. The molecule has 2 N–H and O–H groups in total. The average molecular weight is 457 g/mol. The topological polar surface area (TPSA) is 45.7 Å². The van der Waals surface area contributed by atoms with Gasteiger partial charge in [0.2, 0.25) is 0 Å². The SMILES string of the molecule is CCNC(=NCCCCOCCc1ccccc1)NC1CC=CC1.I. The number of ether oxygens (including phenoxy) is 1. The average Bonchev–Trinajstić information content (AvgIpc) is 3.11. The van der Waals surface area contributed by atoms with E-state index in [4.69, 9.17) is 4.74 Å². The monoisotopic (exact) mass is 457 g/mol. The molecule has 0 aliphatic heterocycles. The van der Waals surface area contributed by atoms with Crippen LogP contribution in [0.25, 0.3) is 0 Å². The van der Waals surface area contributed by atoms with Gasteiger partial charge in [-0.1, -0.05) is 42.5 Å². The molecule has 0 fully saturated rings. The second-order valence-corrected chi connectivity index (χ2v) is 6.10. The minimum atomic E-state index is 0. The number of aliphatic imine (C=N–C) groups is 1. The van der Waals surface area contributed by atoms with Gasteiger partial charge in [-0.05, 0) is 44.6 Å². The molecular weight excluding hydrogens is 425 g/mol. The van der Waals surface area contributed by atoms with Crippen LogP contribution in [0.15, 0.2) is 47.5 Å². The van der Waals surface area contributed by atoms with Gasteiger partial charge in [-0.15, -0.1) is 24.0 Å². The first-order chi connectivity index (χ1) is 11.9. The van der Waals surface area contributed by atoms with E-state index < -0.39 is 0 Å². The van der Waals surface area contributed by atoms with Gasteiger partial charge in [-0.3, -0.25) is 4.99 Å². The fraction of sp³-hybridized carbons (Fsp3) is 0.550. The number of hydrogen-bond donors (Lipinski definition) is 2. The molecule has 5 heteroatoms. The van der Waals surface area contributed by atoms with Gasteiger partial charge in [-0.2, -0.15) is 0 Å². The van der Waals surface area contributed by atoms with Crippen LogP contribution in [0.4, 0.5) is 0 Å². The summed E-state index contributed by atoms with van der Waals surface area (Å²) in [5, 5.41) is 6.81. The number of hydrogen-bond acceptors (Lipinski definition) is 2. The molecule has 4 nitrogen and oxygen atoms in total. The molecule has 0 heterocycles. The molecule has 0 unspecified atom stereocenters. The highest BCUT2D eigenvalue weighted by Gasteiger charge is 2.11. The van der Waals surface area contributed by atoms with Crippen molar-refractivity contribution < 1.29 is 4.74 Å². The Kier molecular flexibility index (Phi) is 12.4. The summed E-state index contributed by atoms with van der Waals surface area (Å²) < 4.78 is 5.71. The lowest BCUT2D eigenvalue weighted by Gasteiger charge is -2.16. The maximum Gasteiger partial charge on any atom is 0.191 e. The van der Waals surface area contributed by atoms with E-state index in [0.717, 1.165) is 64.4 Å². The number of guanidine groups is 1. The summed E-state index contributed by atoms with van der Waals surface area (Å²) in [5.41, 5.74) is 1.34. The zero-order valence-electron chi connectivity index (χ0n) is 15.2. The molecular formula is C20H32IN3O. The molecule has 0 saturated heterocycles. The summed E-state index contributed by atoms with van der Waals surface area (Å²) in [5.74, 6) is 0.941. The molecule has 1 aliphatic carbocycles. The molecule has 0 aromatic heterocycles. The molecule has 0 amide bonds. The van der Waals surface area contributed by atoms with E-state index in [1.165, 1.54) is 5.56 Å². The fourth-order valence-electron chi connectivity index (χ4n) is 2.69. The van der Waals surface area contributed by atoms with E-state index in [0.29, 0.717) is 6.04 Å². The summed E-state index contributed by atoms with van der Waals surface area (Å²) in [4.78, 5) is 4.65. The van der Waals surface area contributed by atoms with E-state index >= 15 is 0 Å². The maximum absolute atomic E-state index is 5.71. The van der Waals surface area contributed by atoms with Crippen LogP contribution in [0.2, 0.25) is 0 Å². The zero-order chi connectivity index (χ0) is 16.9. The van der Waals surface area contributed by atoms with Crippen LogP contribution in [0.5, 0.6) is 0 Å². The molecule has 0 saturated carbocycles. The number of nitrogens with one attached hydrogen (secondary N) is 2. The predicted molar refractivity (Wildman–Crippen MR) is 117 cm³/mol. The summed E-state index contributed by atoms with van der Waals surface area (Å²) in [7, 11) is 0. The molecule has 1 aliphatic rings. The van der Waals surface area contributed by atoms with Crippen LogP contribution in [-0.4, -0.2) is 38.3 Å². The molecule has 140 valence electrons. The highest BCUT2D eigenvalue weighted by molar-refractivity contribution is 14.0. The van der Waals surface area contributed by atoms with Crippen molar-refractivity contribution in [3.05, 3.63) is 48.0 Å². The third-order valence-corrected chi connectivity index (χ3v) is 4.04. The normalized spacial score (nSPS) is 14.4. The van der Waals surface area contributed by atoms with Gasteiger partial charge in [0.15, 0.2) is 5.96 Å². The Morgan fingerprint density at radius 1 is 1.12 bits per heavy atom. The molecule has 0 spiro atoms. The van der Waals surface area contributed by atoms with E-state index in [2.05, 4.69) is 59.0 Å². The van der Waals surface area contributed by atoms with Crippen LogP contribution < -0.4 is 10.6 Å². The summed E-state index contributed by atoms with van der Waals surface area (Å²) in [6, 6.07) is 11.0. The van der Waals surface area contributed by atoms with Gasteiger partial charge in [0.05, 0.1) is 6.61 Å². The van der Waals surface area contributed by atoms with Crippen molar-refractivity contribution >= 4 is 29.9 Å². The van der Waals surface area contributed by atoms with Crippen LogP contribution in [-0.2, 0) is 11.2 Å². The van der Waals surface area contributed by atoms with Gasteiger partial charge in [-0.25, -0.2) is 0 Å². The first kappa shape index (κ1) is 22.0. The van der Waals surface area contributed by atoms with E-state index in [-0.39, 0.29) is 24.0 Å². The van der Waals surface area contributed by atoms with E-state index in [9.17, 15) is 0 Å². The van der Waals surface area contributed by atoms with Crippen LogP contribution in [0.1, 0.15) is 38.2 Å². The summed E-state index contributed by atoms with van der Waals surface area (Å²) in [6.07, 6.45) is 9.76. The number of rotatable bonds is 10. The molecule has 0 atom stereocenters. The van der Waals surface area contributed by atoms with Crippen molar-refractivity contribution in [1.29, 1.82) is 0 Å². The lowest BCUT2D eigenvalue weighted by Crippen LogP contribution is -2.42. The number of halogens is 1. The predicted octanol–water partition coefficient (Wildman–Crippen LogP) is 3.92. The first-order valence-corrected chi connectivity index (χ1v) is 9.20. The molecule has 1 aromatic carbocycles. The molecule has 25 heavy (non-hydrogen) atoms. The third-order valence-electron chi connectivity index (χ3n) is 4.04. The Morgan fingerprint density at radius 3 is 2.60 bits per heavy atom. The Hall–Kier alpha value is -1.08. The Bertz CT molecular complexity index is 497. The lowest BCUT2D eigenvalue weighted by molar-refractivity contribution is 0.134. The largest absolute Gasteiger partial charge is 0.381 e. The highest BCUT2D eigenvalue weighted by atomic mass is 127. The van der Waals surface area contributed by atoms with Crippen LogP contribution >= 0.6 is 24.0 Å². The second kappa shape index (κ2) is 14.1. The van der Waals surface area contributed by atoms with Crippen LogP contribution in [0.3, 0.4) is 0 Å². The van der Waals surface area contributed by atoms with E-state index in [1.54, 1.807) is 0 Å². The van der Waals surface area contributed by atoms with Crippen molar-refractivity contribution in [3.63, 3.8) is 0 Å². The first-order valence-electron chi connectivity index (χ1n) is 9.20. The van der Waals surface area contributed by atoms with Crippen molar-refractivity contribution in [2.24, 2.45) is 4.99 Å². The molecule has 0 bridgehead atoms. The van der Waals surface area contributed by atoms with E-state index in [1.807, 2.05) is 6.07 Å². The maximum atomic E-state index is 5.71. The molecule has 0 radical (unpaired) electrons. The minimum absolute atomic E-state index is 0. The Morgan fingerprint density at radius 2 is 1.88 bits per heavy atom. The minimum Gasteiger partial charge on any atom is -0.381 e. The highest BCUT2D eigenvalue weighted by Crippen LogP contribution is 2.08. The Balaban J connectivity index is 0.00000312. The summed E-state index contributed by atoms with van der Waals surface area (Å²) >= 11 is 0. The summed E-state index contributed by atoms with van der Waals surface area (Å²) in [6.45, 7) is 5.46. The fourth-order valence-corrected chi connectivity index (χ4v) is 2.69. The lowest BCUT2D eigenvalue weighted by atomic mass is 10.2. The smallest absolute Gasteiger partial charge is 0.191 e. The number of nitrogens with zero attached hydrogens (tertiary/aromatic N) is 1.